The zero-order chi connectivity index (χ0) is 15.0. The molecule has 0 radical (unpaired) electrons. The largest absolute Gasteiger partial charge is 0.464 e. The van der Waals surface area contributed by atoms with Gasteiger partial charge in [0.2, 0.25) is 5.58 Å². The Hall–Kier alpha value is -2.63. The van der Waals surface area contributed by atoms with Crippen LogP contribution < -0.4 is 5.56 Å². The molecule has 1 atom stereocenters. The van der Waals surface area contributed by atoms with E-state index in [1.54, 1.807) is 19.9 Å². The molecule has 0 aliphatic rings. The Labute approximate surface area is 119 Å². The third-order valence-electron chi connectivity index (χ3n) is 3.35. The Morgan fingerprint density at radius 1 is 1.43 bits per heavy atom. The van der Waals surface area contributed by atoms with E-state index in [9.17, 15) is 9.59 Å². The zero-order valence-corrected chi connectivity index (χ0v) is 11.7. The molecule has 3 aromatic rings. The van der Waals surface area contributed by atoms with Gasteiger partial charge >= 0.3 is 5.97 Å². The molecule has 0 spiro atoms. The first kappa shape index (κ1) is 13.4. The van der Waals surface area contributed by atoms with Gasteiger partial charge in [0, 0.05) is 5.39 Å². The number of ether oxygens (including phenoxy) is 1. The minimum absolute atomic E-state index is 0.148. The molecule has 3 rings (SSSR count). The van der Waals surface area contributed by atoms with Crippen molar-refractivity contribution in [2.24, 2.45) is 0 Å². The molecule has 0 aliphatic heterocycles. The molecular weight excluding hydrogens is 272 g/mol. The number of carbonyl (C=O) groups excluding carboxylic acids is 1. The molecule has 21 heavy (non-hydrogen) atoms. The fourth-order valence-corrected chi connectivity index (χ4v) is 2.25. The van der Waals surface area contributed by atoms with E-state index < -0.39 is 17.6 Å². The predicted octanol–water partition coefficient (Wildman–Crippen LogP) is 2.27. The summed E-state index contributed by atoms with van der Waals surface area (Å²) in [4.78, 5) is 28.5. The minimum Gasteiger partial charge on any atom is -0.464 e. The molecule has 108 valence electrons. The fourth-order valence-electron chi connectivity index (χ4n) is 2.25. The van der Waals surface area contributed by atoms with Crippen LogP contribution in [-0.2, 0) is 9.53 Å². The second-order valence-corrected chi connectivity index (χ2v) is 4.66. The summed E-state index contributed by atoms with van der Waals surface area (Å²) in [5, 5.41) is 0.778. The van der Waals surface area contributed by atoms with Crippen molar-refractivity contribution < 1.29 is 13.9 Å². The van der Waals surface area contributed by atoms with Gasteiger partial charge in [-0.2, -0.15) is 0 Å². The third kappa shape index (κ3) is 2.08. The number of para-hydroxylation sites is 1. The molecule has 0 fully saturated rings. The number of benzene rings is 1. The normalized spacial score (nSPS) is 12.7. The predicted molar refractivity (Wildman–Crippen MR) is 77.1 cm³/mol. The van der Waals surface area contributed by atoms with E-state index in [-0.39, 0.29) is 12.2 Å². The minimum atomic E-state index is -0.748. The standard InChI is InChI=1S/C15H14N2O4/c1-3-20-15(19)9(2)17-8-16-12-10-6-4-5-7-11(10)21-13(12)14(17)18/h4-9H,3H2,1-2H3/t9-/m1/s1. The van der Waals surface area contributed by atoms with Gasteiger partial charge in [0.25, 0.3) is 5.56 Å². The van der Waals surface area contributed by atoms with Crippen molar-refractivity contribution in [1.29, 1.82) is 0 Å². The van der Waals surface area contributed by atoms with Gasteiger partial charge in [0.1, 0.15) is 17.1 Å². The molecular formula is C15H14N2O4. The highest BCUT2D eigenvalue weighted by Gasteiger charge is 2.21. The van der Waals surface area contributed by atoms with Gasteiger partial charge < -0.3 is 9.15 Å². The first-order chi connectivity index (χ1) is 10.1. The number of hydrogen-bond acceptors (Lipinski definition) is 5. The number of esters is 1. The number of aromatic nitrogens is 2. The van der Waals surface area contributed by atoms with Gasteiger partial charge in [0.05, 0.1) is 12.9 Å². The molecule has 0 N–H and O–H groups in total. The number of carbonyl (C=O) groups is 1. The number of nitrogens with zero attached hydrogens (tertiary/aromatic N) is 2. The van der Waals surface area contributed by atoms with Crippen molar-refractivity contribution >= 4 is 28.0 Å². The smallest absolute Gasteiger partial charge is 0.328 e. The SMILES string of the molecule is CCOC(=O)[C@@H](C)n1cnc2c(oc3ccccc32)c1=O. The summed E-state index contributed by atoms with van der Waals surface area (Å²) in [7, 11) is 0. The van der Waals surface area contributed by atoms with Crippen LogP contribution in [0.4, 0.5) is 0 Å². The van der Waals surface area contributed by atoms with Crippen molar-refractivity contribution in [2.75, 3.05) is 6.61 Å². The number of fused-ring (bicyclic) bond motifs is 3. The van der Waals surface area contributed by atoms with Crippen molar-refractivity contribution in [3.8, 4) is 0 Å². The quantitative estimate of drug-likeness (QED) is 0.690. The second kappa shape index (κ2) is 5.05. The molecule has 6 nitrogen and oxygen atoms in total. The van der Waals surface area contributed by atoms with Crippen LogP contribution in [0.1, 0.15) is 19.9 Å². The average molecular weight is 286 g/mol. The molecule has 0 saturated heterocycles. The van der Waals surface area contributed by atoms with Crippen LogP contribution in [0.3, 0.4) is 0 Å². The zero-order valence-electron chi connectivity index (χ0n) is 11.7. The van der Waals surface area contributed by atoms with Gasteiger partial charge in [-0.15, -0.1) is 0 Å². The van der Waals surface area contributed by atoms with Crippen LogP contribution in [0.2, 0.25) is 0 Å². The molecule has 0 aliphatic carbocycles. The molecule has 2 heterocycles. The van der Waals surface area contributed by atoms with E-state index in [2.05, 4.69) is 4.98 Å². The van der Waals surface area contributed by atoms with E-state index in [0.717, 1.165) is 5.39 Å². The Morgan fingerprint density at radius 3 is 2.95 bits per heavy atom. The Bertz CT molecular complexity index is 878. The van der Waals surface area contributed by atoms with E-state index in [0.29, 0.717) is 11.1 Å². The molecule has 1 aromatic carbocycles. The lowest BCUT2D eigenvalue weighted by atomic mass is 10.2. The Morgan fingerprint density at radius 2 is 2.19 bits per heavy atom. The van der Waals surface area contributed by atoms with Gasteiger partial charge in [0.15, 0.2) is 0 Å². The van der Waals surface area contributed by atoms with Crippen molar-refractivity contribution in [3.63, 3.8) is 0 Å². The highest BCUT2D eigenvalue weighted by molar-refractivity contribution is 6.01. The Kier molecular flexibility index (Phi) is 3.21. The van der Waals surface area contributed by atoms with E-state index in [1.807, 2.05) is 18.2 Å². The van der Waals surface area contributed by atoms with Crippen LogP contribution in [-0.4, -0.2) is 22.1 Å². The molecule has 2 aromatic heterocycles. The lowest BCUT2D eigenvalue weighted by molar-refractivity contribution is -0.146. The first-order valence-electron chi connectivity index (χ1n) is 6.68. The van der Waals surface area contributed by atoms with Gasteiger partial charge in [-0.1, -0.05) is 12.1 Å². The van der Waals surface area contributed by atoms with Gasteiger partial charge in [-0.25, -0.2) is 9.78 Å². The maximum Gasteiger partial charge on any atom is 0.328 e. The highest BCUT2D eigenvalue weighted by atomic mass is 16.5. The summed E-state index contributed by atoms with van der Waals surface area (Å²) in [5.74, 6) is -0.475. The molecule has 0 bridgehead atoms. The summed E-state index contributed by atoms with van der Waals surface area (Å²) >= 11 is 0. The second-order valence-electron chi connectivity index (χ2n) is 4.66. The molecule has 0 unspecified atom stereocenters. The van der Waals surface area contributed by atoms with Crippen molar-refractivity contribution in [1.82, 2.24) is 9.55 Å². The summed E-state index contributed by atoms with van der Waals surface area (Å²) < 4.78 is 11.7. The van der Waals surface area contributed by atoms with Gasteiger partial charge in [-0.3, -0.25) is 9.36 Å². The van der Waals surface area contributed by atoms with Crippen LogP contribution >= 0.6 is 0 Å². The summed E-state index contributed by atoms with van der Waals surface area (Å²) in [6, 6.07) is 6.54. The van der Waals surface area contributed by atoms with Crippen molar-refractivity contribution in [3.05, 3.63) is 40.9 Å². The summed E-state index contributed by atoms with van der Waals surface area (Å²) in [5.41, 5.74) is 0.855. The highest BCUT2D eigenvalue weighted by Crippen LogP contribution is 2.24. The third-order valence-corrected chi connectivity index (χ3v) is 3.35. The summed E-state index contributed by atoms with van der Waals surface area (Å²) in [6.45, 7) is 3.57. The van der Waals surface area contributed by atoms with Crippen molar-refractivity contribution in [2.45, 2.75) is 19.9 Å². The molecule has 0 amide bonds. The van der Waals surface area contributed by atoms with Crippen LogP contribution in [0.25, 0.3) is 22.1 Å². The molecule has 0 saturated carbocycles. The Balaban J connectivity index is 2.19. The van der Waals surface area contributed by atoms with Crippen LogP contribution in [0, 0.1) is 0 Å². The maximum atomic E-state index is 12.5. The number of furan rings is 1. The van der Waals surface area contributed by atoms with Crippen LogP contribution in [0.5, 0.6) is 0 Å². The lowest BCUT2D eigenvalue weighted by Crippen LogP contribution is -2.29. The fraction of sp³-hybridized carbons (Fsp3) is 0.267. The monoisotopic (exact) mass is 286 g/mol. The van der Waals surface area contributed by atoms with E-state index in [4.69, 9.17) is 9.15 Å². The lowest BCUT2D eigenvalue weighted by Gasteiger charge is -2.12. The topological polar surface area (TPSA) is 74.3 Å². The first-order valence-corrected chi connectivity index (χ1v) is 6.68. The van der Waals surface area contributed by atoms with Crippen LogP contribution in [0.15, 0.2) is 39.8 Å². The number of rotatable bonds is 3. The van der Waals surface area contributed by atoms with Gasteiger partial charge in [-0.05, 0) is 26.0 Å². The molecule has 6 heteroatoms. The number of hydrogen-bond donors (Lipinski definition) is 0. The average Bonchev–Trinajstić information content (AvgIpc) is 2.87. The van der Waals surface area contributed by atoms with E-state index >= 15 is 0 Å². The summed E-state index contributed by atoms with van der Waals surface area (Å²) in [6.07, 6.45) is 1.36. The van der Waals surface area contributed by atoms with E-state index in [1.165, 1.54) is 10.9 Å². The maximum absolute atomic E-state index is 12.5.